The second-order valence-electron chi connectivity index (χ2n) is 8.58. The molecule has 7 heteroatoms. The number of likely N-dealkylation sites (tertiary alicyclic amines) is 1. The van der Waals surface area contributed by atoms with E-state index in [-0.39, 0.29) is 24.9 Å². The predicted octanol–water partition coefficient (Wildman–Crippen LogP) is 3.77. The van der Waals surface area contributed by atoms with Crippen molar-refractivity contribution in [1.29, 1.82) is 0 Å². The van der Waals surface area contributed by atoms with Crippen molar-refractivity contribution in [2.45, 2.75) is 44.1 Å². The normalized spacial score (nSPS) is 19.3. The fraction of sp³-hybridized carbons (Fsp3) is 0.400. The largest absolute Gasteiger partial charge is 0.480 e. The molecule has 32 heavy (non-hydrogen) atoms. The summed E-state index contributed by atoms with van der Waals surface area (Å²) in [6, 6.07) is 16.3. The quantitative estimate of drug-likeness (QED) is 0.644. The molecule has 168 valence electrons. The number of alkyl carbamates (subject to hydrolysis) is 1. The molecular weight excluding hydrogens is 408 g/mol. The second kappa shape index (κ2) is 9.02. The third kappa shape index (κ3) is 4.07. The van der Waals surface area contributed by atoms with Crippen molar-refractivity contribution in [3.05, 3.63) is 59.7 Å². The number of carboxylic acids is 1. The van der Waals surface area contributed by atoms with E-state index in [1.165, 1.54) is 16.0 Å². The Kier molecular flexibility index (Phi) is 6.17. The molecule has 1 atom stereocenters. The average Bonchev–Trinajstić information content (AvgIpc) is 3.34. The molecule has 0 spiro atoms. The number of nitrogens with one attached hydrogen (secondary N) is 1. The van der Waals surface area contributed by atoms with Crippen LogP contribution in [0.4, 0.5) is 4.79 Å². The van der Waals surface area contributed by atoms with Crippen molar-refractivity contribution < 1.29 is 24.2 Å². The molecule has 2 amide bonds. The number of carbonyl (C=O) groups is 3. The van der Waals surface area contributed by atoms with Gasteiger partial charge in [-0.1, -0.05) is 48.5 Å². The van der Waals surface area contributed by atoms with Gasteiger partial charge in [0.1, 0.15) is 12.1 Å². The highest BCUT2D eigenvalue weighted by atomic mass is 16.5. The van der Waals surface area contributed by atoms with Crippen molar-refractivity contribution in [1.82, 2.24) is 10.2 Å². The van der Waals surface area contributed by atoms with Crippen molar-refractivity contribution >= 4 is 18.0 Å². The number of aliphatic carboxylic acids is 1. The summed E-state index contributed by atoms with van der Waals surface area (Å²) in [6.07, 6.45) is 1.25. The van der Waals surface area contributed by atoms with Crippen LogP contribution in [0.5, 0.6) is 0 Å². The number of nitrogens with zero attached hydrogens (tertiary/aromatic N) is 1. The average molecular weight is 437 g/mol. The predicted molar refractivity (Wildman–Crippen MR) is 119 cm³/mol. The third-order valence-electron chi connectivity index (χ3n) is 6.58. The van der Waals surface area contributed by atoms with Gasteiger partial charge in [-0.3, -0.25) is 4.79 Å². The number of benzene rings is 2. The molecule has 1 heterocycles. The van der Waals surface area contributed by atoms with E-state index in [2.05, 4.69) is 29.6 Å². The Morgan fingerprint density at radius 3 is 2.34 bits per heavy atom. The Morgan fingerprint density at radius 2 is 1.72 bits per heavy atom. The van der Waals surface area contributed by atoms with Gasteiger partial charge in [-0.25, -0.2) is 9.59 Å². The number of hydrogen-bond donors (Lipinski definition) is 2. The number of fused-ring (bicyclic) bond motifs is 3. The Hall–Kier alpha value is -3.35. The molecule has 2 aliphatic rings. The maximum Gasteiger partial charge on any atom is 0.407 e. The molecule has 4 rings (SSSR count). The first-order valence-electron chi connectivity index (χ1n) is 11.0. The van der Waals surface area contributed by atoms with E-state index in [0.717, 1.165) is 11.1 Å². The van der Waals surface area contributed by atoms with Crippen LogP contribution in [-0.2, 0) is 14.3 Å². The summed E-state index contributed by atoms with van der Waals surface area (Å²) in [5.41, 5.74) is 3.52. The summed E-state index contributed by atoms with van der Waals surface area (Å²) in [6.45, 7) is 2.58. The van der Waals surface area contributed by atoms with Crippen LogP contribution in [0.2, 0.25) is 0 Å². The minimum Gasteiger partial charge on any atom is -0.480 e. The van der Waals surface area contributed by atoms with E-state index in [0.29, 0.717) is 32.4 Å². The lowest BCUT2D eigenvalue weighted by atomic mass is 9.98. The highest BCUT2D eigenvalue weighted by molar-refractivity contribution is 5.87. The van der Waals surface area contributed by atoms with Crippen LogP contribution in [0.15, 0.2) is 48.5 Å². The minimum atomic E-state index is -1.13. The fourth-order valence-corrected chi connectivity index (χ4v) is 4.80. The summed E-state index contributed by atoms with van der Waals surface area (Å²) in [5.74, 6) is -1.17. The van der Waals surface area contributed by atoms with E-state index in [1.807, 2.05) is 24.3 Å². The zero-order valence-electron chi connectivity index (χ0n) is 18.2. The molecule has 1 aliphatic heterocycles. The number of carbonyl (C=O) groups excluding carboxylic acids is 2. The zero-order chi connectivity index (χ0) is 22.7. The monoisotopic (exact) mass is 436 g/mol. The van der Waals surface area contributed by atoms with E-state index in [9.17, 15) is 19.5 Å². The van der Waals surface area contributed by atoms with E-state index in [1.54, 1.807) is 6.92 Å². The lowest BCUT2D eigenvalue weighted by molar-refractivity contribution is -0.155. The Morgan fingerprint density at radius 1 is 1.09 bits per heavy atom. The van der Waals surface area contributed by atoms with Crippen LogP contribution < -0.4 is 5.32 Å². The van der Waals surface area contributed by atoms with Gasteiger partial charge in [0, 0.05) is 25.4 Å². The lowest BCUT2D eigenvalue weighted by Gasteiger charge is -2.31. The Bertz CT molecular complexity index is 991. The first-order chi connectivity index (χ1) is 15.4. The van der Waals surface area contributed by atoms with Crippen molar-refractivity contribution in [3.63, 3.8) is 0 Å². The Labute approximate surface area is 187 Å². The standard InChI is InChI=1S/C25H28N2O5/c1-25(23(29)30)13-7-15-27(25)22(28)12-6-14-26-24(31)32-16-21-19-10-4-2-8-17(19)18-9-3-5-11-20(18)21/h2-5,8-11,21H,6-7,12-16H2,1H3,(H,26,31)(H,29,30)/t25-/m1/s1. The molecule has 2 aromatic rings. The number of carboxylic acid groups (broad SMARTS) is 1. The lowest BCUT2D eigenvalue weighted by Crippen LogP contribution is -2.50. The van der Waals surface area contributed by atoms with Crippen LogP contribution in [0.3, 0.4) is 0 Å². The molecule has 0 unspecified atom stereocenters. The molecule has 0 bridgehead atoms. The van der Waals surface area contributed by atoms with E-state index in [4.69, 9.17) is 4.74 Å². The van der Waals surface area contributed by atoms with Crippen molar-refractivity contribution in [2.75, 3.05) is 19.7 Å². The summed E-state index contributed by atoms with van der Waals surface area (Å²) in [7, 11) is 0. The Balaban J connectivity index is 1.24. The highest BCUT2D eigenvalue weighted by Crippen LogP contribution is 2.44. The highest BCUT2D eigenvalue weighted by Gasteiger charge is 2.45. The second-order valence-corrected chi connectivity index (χ2v) is 8.58. The summed E-state index contributed by atoms with van der Waals surface area (Å²) >= 11 is 0. The summed E-state index contributed by atoms with van der Waals surface area (Å²) < 4.78 is 5.49. The topological polar surface area (TPSA) is 95.9 Å². The maximum absolute atomic E-state index is 12.5. The van der Waals surface area contributed by atoms with Crippen molar-refractivity contribution in [3.8, 4) is 11.1 Å². The SMILES string of the molecule is C[C@]1(C(=O)O)CCCN1C(=O)CCCNC(=O)OCC1c2ccccc2-c2ccccc21. The first-order valence-corrected chi connectivity index (χ1v) is 11.0. The van der Waals surface area contributed by atoms with Gasteiger partial charge in [-0.15, -0.1) is 0 Å². The molecule has 7 nitrogen and oxygen atoms in total. The number of rotatable bonds is 7. The molecule has 2 aromatic carbocycles. The van der Waals surface area contributed by atoms with Gasteiger partial charge in [-0.2, -0.15) is 0 Å². The van der Waals surface area contributed by atoms with Crippen LogP contribution in [0, 0.1) is 0 Å². The number of ether oxygens (including phenoxy) is 1. The number of hydrogen-bond acceptors (Lipinski definition) is 4. The van der Waals surface area contributed by atoms with Gasteiger partial charge in [0.25, 0.3) is 0 Å². The molecule has 0 saturated carbocycles. The van der Waals surface area contributed by atoms with Crippen LogP contribution in [-0.4, -0.2) is 53.2 Å². The van der Waals surface area contributed by atoms with Crippen molar-refractivity contribution in [2.24, 2.45) is 0 Å². The minimum absolute atomic E-state index is 0.00131. The van der Waals surface area contributed by atoms with E-state index >= 15 is 0 Å². The molecule has 1 saturated heterocycles. The molecular formula is C25H28N2O5. The molecule has 1 aliphatic carbocycles. The summed E-state index contributed by atoms with van der Waals surface area (Å²) in [4.78, 5) is 37.6. The van der Waals surface area contributed by atoms with Crippen LogP contribution in [0.25, 0.3) is 11.1 Å². The van der Waals surface area contributed by atoms with Gasteiger partial charge < -0.3 is 20.1 Å². The van der Waals surface area contributed by atoms with Gasteiger partial charge >= 0.3 is 12.1 Å². The first kappa shape index (κ1) is 21.9. The van der Waals surface area contributed by atoms with Gasteiger partial charge in [0.2, 0.25) is 5.91 Å². The van der Waals surface area contributed by atoms with Crippen LogP contribution in [0.1, 0.15) is 49.7 Å². The molecule has 0 radical (unpaired) electrons. The van der Waals surface area contributed by atoms with Crippen LogP contribution >= 0.6 is 0 Å². The maximum atomic E-state index is 12.5. The fourth-order valence-electron chi connectivity index (χ4n) is 4.80. The molecule has 1 fully saturated rings. The van der Waals surface area contributed by atoms with Gasteiger partial charge in [-0.05, 0) is 48.4 Å². The third-order valence-corrected chi connectivity index (χ3v) is 6.58. The molecule has 0 aromatic heterocycles. The smallest absolute Gasteiger partial charge is 0.407 e. The number of amides is 2. The molecule has 2 N–H and O–H groups in total. The zero-order valence-corrected chi connectivity index (χ0v) is 18.2. The van der Waals surface area contributed by atoms with E-state index < -0.39 is 17.6 Å². The summed E-state index contributed by atoms with van der Waals surface area (Å²) in [5, 5.41) is 12.1. The van der Waals surface area contributed by atoms with Gasteiger partial charge in [0.05, 0.1) is 0 Å². The van der Waals surface area contributed by atoms with Gasteiger partial charge in [0.15, 0.2) is 0 Å².